The van der Waals surface area contributed by atoms with Gasteiger partial charge in [0, 0.05) is 49.0 Å². The van der Waals surface area contributed by atoms with Gasteiger partial charge in [0.1, 0.15) is 0 Å². The number of aliphatic hydroxyl groups excluding tert-OH is 1. The molecular weight excluding hydrogens is 462 g/mol. The second-order valence-electron chi connectivity index (χ2n) is 10.8. The average Bonchev–Trinajstić information content (AvgIpc) is 3.52. The van der Waals surface area contributed by atoms with Gasteiger partial charge in [-0.2, -0.15) is 0 Å². The Labute approximate surface area is 217 Å². The Morgan fingerprint density at radius 2 is 1.65 bits per heavy atom. The second kappa shape index (κ2) is 10.3. The number of carbonyl (C=O) groups is 1. The smallest absolute Gasteiger partial charge is 0.258 e. The lowest BCUT2D eigenvalue weighted by Crippen LogP contribution is -2.47. The second-order valence-corrected chi connectivity index (χ2v) is 10.8. The molecule has 0 radical (unpaired) electrons. The highest BCUT2D eigenvalue weighted by molar-refractivity contribution is 5.81. The lowest BCUT2D eigenvalue weighted by atomic mass is 9.86. The molecule has 0 unspecified atom stereocenters. The van der Waals surface area contributed by atoms with Crippen molar-refractivity contribution < 1.29 is 9.90 Å². The summed E-state index contributed by atoms with van der Waals surface area (Å²) in [6.07, 6.45) is 5.19. The Hall–Kier alpha value is -3.22. The zero-order chi connectivity index (χ0) is 25.4. The summed E-state index contributed by atoms with van der Waals surface area (Å²) in [4.78, 5) is 29.9. The number of aromatic nitrogens is 1. The van der Waals surface area contributed by atoms with Crippen molar-refractivity contribution in [2.24, 2.45) is 11.8 Å². The molecule has 3 aliphatic rings. The Morgan fingerprint density at radius 3 is 2.35 bits per heavy atom. The van der Waals surface area contributed by atoms with Crippen LogP contribution >= 0.6 is 0 Å². The minimum absolute atomic E-state index is 0.0186. The van der Waals surface area contributed by atoms with E-state index in [9.17, 15) is 14.7 Å². The number of benzene rings is 2. The summed E-state index contributed by atoms with van der Waals surface area (Å²) < 4.78 is 1.88. The molecule has 3 aromatic rings. The van der Waals surface area contributed by atoms with Gasteiger partial charge in [-0.25, -0.2) is 0 Å². The maximum absolute atomic E-state index is 13.8. The summed E-state index contributed by atoms with van der Waals surface area (Å²) >= 11 is 0. The van der Waals surface area contributed by atoms with E-state index in [1.165, 1.54) is 5.56 Å². The van der Waals surface area contributed by atoms with Gasteiger partial charge in [-0.3, -0.25) is 14.5 Å². The van der Waals surface area contributed by atoms with Gasteiger partial charge in [-0.1, -0.05) is 73.5 Å². The van der Waals surface area contributed by atoms with Crippen LogP contribution in [0.15, 0.2) is 77.6 Å². The molecule has 2 fully saturated rings. The number of pyridine rings is 1. The van der Waals surface area contributed by atoms with Crippen LogP contribution in [0.5, 0.6) is 0 Å². The lowest BCUT2D eigenvalue weighted by molar-refractivity contribution is -0.128. The third-order valence-corrected chi connectivity index (χ3v) is 8.76. The first kappa shape index (κ1) is 24.1. The zero-order valence-corrected chi connectivity index (χ0v) is 21.1. The normalized spacial score (nSPS) is 25.2. The van der Waals surface area contributed by atoms with Crippen LogP contribution in [0.3, 0.4) is 0 Å². The molecule has 2 aromatic carbocycles. The van der Waals surface area contributed by atoms with E-state index in [1.54, 1.807) is 0 Å². The SMILES string of the molecule is O=C(NC1CCCC1)[C@@H]1[C@@H](CO)[C@@H]2Cn3c(ccc(-c4ccccc4)c3=O)[C@H]1N2CCc1ccccc1. The van der Waals surface area contributed by atoms with Gasteiger partial charge in [0.05, 0.1) is 12.0 Å². The van der Waals surface area contributed by atoms with Crippen molar-refractivity contribution in [3.8, 4) is 11.1 Å². The summed E-state index contributed by atoms with van der Waals surface area (Å²) in [6, 6.07) is 24.0. The van der Waals surface area contributed by atoms with Crippen LogP contribution in [0, 0.1) is 11.8 Å². The Kier molecular flexibility index (Phi) is 6.70. The van der Waals surface area contributed by atoms with Gasteiger partial charge >= 0.3 is 0 Å². The molecule has 1 aromatic heterocycles. The predicted octanol–water partition coefficient (Wildman–Crippen LogP) is 3.78. The standard InChI is InChI=1S/C31H35N3O3/c35-20-25-27-19-34-26(16-15-24(31(34)37)22-11-5-2-6-12-22)29(28(25)30(36)32-23-13-7-8-14-23)33(27)18-17-21-9-3-1-4-10-21/h1-6,9-12,15-16,23,25,27-29,35H,7-8,13-14,17-20H2,(H,32,36)/t25-,27-,28+,29+/m0/s1. The summed E-state index contributed by atoms with van der Waals surface area (Å²) in [5.41, 5.74) is 3.69. The van der Waals surface area contributed by atoms with Crippen LogP contribution in [0.4, 0.5) is 0 Å². The molecule has 1 saturated carbocycles. The van der Waals surface area contributed by atoms with E-state index >= 15 is 0 Å². The summed E-state index contributed by atoms with van der Waals surface area (Å²) in [5.74, 6) is -0.583. The molecule has 6 heteroatoms. The number of amides is 1. The number of nitrogens with zero attached hydrogens (tertiary/aromatic N) is 2. The number of hydrogen-bond donors (Lipinski definition) is 2. The van der Waals surface area contributed by atoms with Gasteiger partial charge in [-0.15, -0.1) is 0 Å². The highest BCUT2D eigenvalue weighted by Crippen LogP contribution is 2.48. The first-order chi connectivity index (χ1) is 18.2. The number of carbonyl (C=O) groups excluding carboxylic acids is 1. The third-order valence-electron chi connectivity index (χ3n) is 8.76. The highest BCUT2D eigenvalue weighted by atomic mass is 16.3. The fourth-order valence-corrected chi connectivity index (χ4v) is 6.94. The minimum atomic E-state index is -0.387. The van der Waals surface area contributed by atoms with Gasteiger partial charge in [0.25, 0.3) is 5.56 Å². The molecule has 1 aliphatic carbocycles. The van der Waals surface area contributed by atoms with E-state index < -0.39 is 0 Å². The van der Waals surface area contributed by atoms with Crippen molar-refractivity contribution >= 4 is 5.91 Å². The summed E-state index contributed by atoms with van der Waals surface area (Å²) in [7, 11) is 0. The first-order valence-corrected chi connectivity index (χ1v) is 13.7. The quantitative estimate of drug-likeness (QED) is 0.521. The molecule has 6 nitrogen and oxygen atoms in total. The average molecular weight is 498 g/mol. The van der Waals surface area contributed by atoms with E-state index in [4.69, 9.17) is 0 Å². The minimum Gasteiger partial charge on any atom is -0.396 e. The number of aliphatic hydroxyl groups is 1. The molecular formula is C31H35N3O3. The molecule has 3 heterocycles. The predicted molar refractivity (Wildman–Crippen MR) is 144 cm³/mol. The van der Waals surface area contributed by atoms with Crippen LogP contribution in [0.2, 0.25) is 0 Å². The molecule has 1 amide bonds. The van der Waals surface area contributed by atoms with E-state index in [0.29, 0.717) is 12.1 Å². The monoisotopic (exact) mass is 497 g/mol. The third kappa shape index (κ3) is 4.42. The molecule has 1 saturated heterocycles. The summed E-state index contributed by atoms with van der Waals surface area (Å²) in [6.45, 7) is 1.19. The fourth-order valence-electron chi connectivity index (χ4n) is 6.94. The molecule has 2 aliphatic heterocycles. The molecule has 6 rings (SSSR count). The fraction of sp³-hybridized carbons (Fsp3) is 0.419. The Balaban J connectivity index is 1.39. The van der Waals surface area contributed by atoms with E-state index in [-0.39, 0.29) is 48.0 Å². The molecule has 0 spiro atoms. The molecule has 37 heavy (non-hydrogen) atoms. The Morgan fingerprint density at radius 1 is 0.946 bits per heavy atom. The van der Waals surface area contributed by atoms with Crippen molar-refractivity contribution in [2.75, 3.05) is 13.2 Å². The lowest BCUT2D eigenvalue weighted by Gasteiger charge is -2.38. The molecule has 4 atom stereocenters. The zero-order valence-electron chi connectivity index (χ0n) is 21.1. The van der Waals surface area contributed by atoms with E-state index in [2.05, 4.69) is 34.5 Å². The van der Waals surface area contributed by atoms with Crippen molar-refractivity contribution in [2.45, 2.75) is 56.8 Å². The van der Waals surface area contributed by atoms with Gasteiger partial charge in [0.15, 0.2) is 0 Å². The molecule has 2 bridgehead atoms. The largest absolute Gasteiger partial charge is 0.396 e. The van der Waals surface area contributed by atoms with Crippen molar-refractivity contribution in [3.63, 3.8) is 0 Å². The van der Waals surface area contributed by atoms with E-state index in [0.717, 1.165) is 49.9 Å². The number of hydrogen-bond acceptors (Lipinski definition) is 4. The van der Waals surface area contributed by atoms with Gasteiger partial charge in [-0.05, 0) is 42.5 Å². The topological polar surface area (TPSA) is 74.6 Å². The maximum atomic E-state index is 13.8. The van der Waals surface area contributed by atoms with Crippen LogP contribution in [0.25, 0.3) is 11.1 Å². The van der Waals surface area contributed by atoms with Crippen molar-refractivity contribution in [1.29, 1.82) is 0 Å². The number of rotatable bonds is 7. The number of nitrogens with one attached hydrogen (secondary N) is 1. The van der Waals surface area contributed by atoms with Crippen molar-refractivity contribution in [3.05, 3.63) is 94.4 Å². The summed E-state index contributed by atoms with van der Waals surface area (Å²) in [5, 5.41) is 13.9. The van der Waals surface area contributed by atoms with Crippen LogP contribution < -0.4 is 10.9 Å². The van der Waals surface area contributed by atoms with Crippen LogP contribution in [0.1, 0.15) is 43.0 Å². The van der Waals surface area contributed by atoms with E-state index in [1.807, 2.05) is 53.1 Å². The van der Waals surface area contributed by atoms with Crippen LogP contribution in [-0.4, -0.2) is 45.7 Å². The molecule has 192 valence electrons. The Bertz CT molecular complexity index is 1300. The van der Waals surface area contributed by atoms with Gasteiger partial charge < -0.3 is 15.0 Å². The maximum Gasteiger partial charge on any atom is 0.258 e. The van der Waals surface area contributed by atoms with Crippen LogP contribution in [-0.2, 0) is 17.8 Å². The molecule has 2 N–H and O–H groups in total. The van der Waals surface area contributed by atoms with Gasteiger partial charge in [0.2, 0.25) is 5.91 Å². The van der Waals surface area contributed by atoms with Crippen molar-refractivity contribution in [1.82, 2.24) is 14.8 Å². The highest BCUT2D eigenvalue weighted by Gasteiger charge is 2.55. The first-order valence-electron chi connectivity index (χ1n) is 13.7. The number of fused-ring (bicyclic) bond motifs is 4.